The summed E-state index contributed by atoms with van der Waals surface area (Å²) in [5.74, 6) is -0.0691. The van der Waals surface area contributed by atoms with Gasteiger partial charge in [-0.25, -0.2) is 9.50 Å². The standard InChI is InChI=1S/C18H22N4O2/c1-11(23)10-19-17(24)9-8-14-12(2)20-18-15-6-4-5-7-16(15)21-22(18)13(14)3/h4-7,11,23H,8-10H2,1-3H3,(H,19,24). The van der Waals surface area contributed by atoms with E-state index in [1.165, 1.54) is 0 Å². The van der Waals surface area contributed by atoms with Gasteiger partial charge in [-0.1, -0.05) is 12.1 Å². The number of hydrogen-bond acceptors (Lipinski definition) is 4. The van der Waals surface area contributed by atoms with Gasteiger partial charge < -0.3 is 10.4 Å². The number of benzene rings is 1. The fraction of sp³-hybridized carbons (Fsp3) is 0.389. The van der Waals surface area contributed by atoms with Gasteiger partial charge in [-0.15, -0.1) is 0 Å². The number of amides is 1. The van der Waals surface area contributed by atoms with Crippen LogP contribution in [-0.4, -0.2) is 38.3 Å². The van der Waals surface area contributed by atoms with Gasteiger partial charge >= 0.3 is 0 Å². The van der Waals surface area contributed by atoms with Gasteiger partial charge in [0, 0.05) is 29.7 Å². The van der Waals surface area contributed by atoms with Gasteiger partial charge in [0.1, 0.15) is 0 Å². The molecular weight excluding hydrogens is 304 g/mol. The van der Waals surface area contributed by atoms with E-state index in [4.69, 9.17) is 4.98 Å². The lowest BCUT2D eigenvalue weighted by Crippen LogP contribution is -2.30. The first-order valence-corrected chi connectivity index (χ1v) is 8.15. The molecule has 126 valence electrons. The van der Waals surface area contributed by atoms with Crippen LogP contribution in [0.2, 0.25) is 0 Å². The van der Waals surface area contributed by atoms with Crippen molar-refractivity contribution in [1.82, 2.24) is 19.9 Å². The molecule has 0 spiro atoms. The number of aliphatic hydroxyl groups is 1. The zero-order chi connectivity index (χ0) is 17.3. The molecule has 0 saturated carbocycles. The number of aliphatic hydroxyl groups excluding tert-OH is 1. The van der Waals surface area contributed by atoms with E-state index in [-0.39, 0.29) is 12.5 Å². The van der Waals surface area contributed by atoms with Crippen molar-refractivity contribution in [3.05, 3.63) is 41.2 Å². The molecule has 3 aromatic rings. The van der Waals surface area contributed by atoms with Crippen molar-refractivity contribution in [3.63, 3.8) is 0 Å². The number of hydrogen-bond donors (Lipinski definition) is 2. The van der Waals surface area contributed by atoms with Crippen LogP contribution in [0.4, 0.5) is 0 Å². The van der Waals surface area contributed by atoms with Gasteiger partial charge in [0.15, 0.2) is 5.65 Å². The Morgan fingerprint density at radius 3 is 2.83 bits per heavy atom. The lowest BCUT2D eigenvalue weighted by molar-refractivity contribution is -0.121. The van der Waals surface area contributed by atoms with Gasteiger partial charge in [-0.05, 0) is 44.9 Å². The molecular formula is C18H22N4O2. The third-order valence-electron chi connectivity index (χ3n) is 4.21. The summed E-state index contributed by atoms with van der Waals surface area (Å²) in [6.45, 7) is 5.90. The van der Waals surface area contributed by atoms with Crippen LogP contribution in [0.3, 0.4) is 0 Å². The quantitative estimate of drug-likeness (QED) is 0.751. The number of nitrogens with zero attached hydrogens (tertiary/aromatic N) is 3. The SMILES string of the molecule is Cc1nc2c3ccccc3nn2c(C)c1CCC(=O)NCC(C)O. The number of carbonyl (C=O) groups excluding carboxylic acids is 1. The highest BCUT2D eigenvalue weighted by Gasteiger charge is 2.14. The minimum Gasteiger partial charge on any atom is -0.392 e. The Labute approximate surface area is 140 Å². The summed E-state index contributed by atoms with van der Waals surface area (Å²) in [5.41, 5.74) is 4.75. The van der Waals surface area contributed by atoms with E-state index in [9.17, 15) is 9.90 Å². The van der Waals surface area contributed by atoms with Crippen molar-refractivity contribution in [1.29, 1.82) is 0 Å². The average Bonchev–Trinajstić information content (AvgIpc) is 2.91. The lowest BCUT2D eigenvalue weighted by atomic mass is 10.1. The van der Waals surface area contributed by atoms with Crippen LogP contribution in [0.25, 0.3) is 16.6 Å². The molecule has 2 heterocycles. The Bertz CT molecular complexity index is 899. The first-order valence-electron chi connectivity index (χ1n) is 8.15. The minimum absolute atomic E-state index is 0.0691. The normalized spacial score (nSPS) is 12.7. The minimum atomic E-state index is -0.535. The Morgan fingerprint density at radius 1 is 1.33 bits per heavy atom. The van der Waals surface area contributed by atoms with E-state index in [1.807, 2.05) is 42.6 Å². The number of carbonyl (C=O) groups is 1. The molecule has 1 unspecified atom stereocenters. The Balaban J connectivity index is 1.88. The number of fused-ring (bicyclic) bond motifs is 3. The molecule has 24 heavy (non-hydrogen) atoms. The molecule has 0 radical (unpaired) electrons. The van der Waals surface area contributed by atoms with Crippen LogP contribution in [-0.2, 0) is 11.2 Å². The predicted molar refractivity (Wildman–Crippen MR) is 93.0 cm³/mol. The van der Waals surface area contributed by atoms with Crippen LogP contribution in [0.15, 0.2) is 24.3 Å². The highest BCUT2D eigenvalue weighted by molar-refractivity contribution is 5.92. The summed E-state index contributed by atoms with van der Waals surface area (Å²) >= 11 is 0. The van der Waals surface area contributed by atoms with Crippen LogP contribution in [0, 0.1) is 13.8 Å². The first-order chi connectivity index (χ1) is 11.5. The van der Waals surface area contributed by atoms with Gasteiger partial charge in [0.2, 0.25) is 5.91 Å². The van der Waals surface area contributed by atoms with Gasteiger partial charge in [-0.2, -0.15) is 5.10 Å². The molecule has 6 heteroatoms. The largest absolute Gasteiger partial charge is 0.392 e. The second-order valence-corrected chi connectivity index (χ2v) is 6.17. The van der Waals surface area contributed by atoms with Crippen molar-refractivity contribution < 1.29 is 9.90 Å². The lowest BCUT2D eigenvalue weighted by Gasteiger charge is -2.11. The fourth-order valence-electron chi connectivity index (χ4n) is 2.93. The van der Waals surface area contributed by atoms with E-state index < -0.39 is 6.10 Å². The van der Waals surface area contributed by atoms with E-state index in [2.05, 4.69) is 10.4 Å². The van der Waals surface area contributed by atoms with Gasteiger partial charge in [0.25, 0.3) is 0 Å². The zero-order valence-corrected chi connectivity index (χ0v) is 14.2. The van der Waals surface area contributed by atoms with E-state index in [1.54, 1.807) is 6.92 Å². The molecule has 0 aliphatic rings. The number of aryl methyl sites for hydroxylation is 2. The Hall–Kier alpha value is -2.47. The fourth-order valence-corrected chi connectivity index (χ4v) is 2.93. The number of nitrogens with one attached hydrogen (secondary N) is 1. The summed E-state index contributed by atoms with van der Waals surface area (Å²) in [7, 11) is 0. The average molecular weight is 326 g/mol. The summed E-state index contributed by atoms with van der Waals surface area (Å²) in [6.07, 6.45) is 0.428. The number of rotatable bonds is 5. The Morgan fingerprint density at radius 2 is 2.08 bits per heavy atom. The molecule has 6 nitrogen and oxygen atoms in total. The Kier molecular flexibility index (Phi) is 4.49. The third kappa shape index (κ3) is 3.10. The summed E-state index contributed by atoms with van der Waals surface area (Å²) in [6, 6.07) is 7.94. The van der Waals surface area contributed by atoms with Crippen LogP contribution >= 0.6 is 0 Å². The maximum atomic E-state index is 11.9. The zero-order valence-electron chi connectivity index (χ0n) is 14.2. The molecule has 1 amide bonds. The molecule has 2 N–H and O–H groups in total. The molecule has 0 saturated heterocycles. The van der Waals surface area contributed by atoms with E-state index in [0.717, 1.165) is 33.5 Å². The van der Waals surface area contributed by atoms with Crippen molar-refractivity contribution in [3.8, 4) is 0 Å². The summed E-state index contributed by atoms with van der Waals surface area (Å²) in [4.78, 5) is 16.6. The maximum absolute atomic E-state index is 11.9. The highest BCUT2D eigenvalue weighted by atomic mass is 16.3. The second kappa shape index (κ2) is 6.57. The van der Waals surface area contributed by atoms with Gasteiger partial charge in [0.05, 0.1) is 11.6 Å². The summed E-state index contributed by atoms with van der Waals surface area (Å²) in [5, 5.41) is 17.6. The van der Waals surface area contributed by atoms with Crippen LogP contribution in [0.5, 0.6) is 0 Å². The molecule has 0 aliphatic heterocycles. The molecule has 1 atom stereocenters. The maximum Gasteiger partial charge on any atom is 0.220 e. The van der Waals surface area contributed by atoms with Crippen LogP contribution < -0.4 is 5.32 Å². The summed E-state index contributed by atoms with van der Waals surface area (Å²) < 4.78 is 1.86. The molecule has 1 aromatic carbocycles. The predicted octanol–water partition coefficient (Wildman–Crippen LogP) is 1.93. The third-order valence-corrected chi connectivity index (χ3v) is 4.21. The molecule has 0 fully saturated rings. The molecule has 2 aromatic heterocycles. The smallest absolute Gasteiger partial charge is 0.220 e. The van der Waals surface area contributed by atoms with Crippen molar-refractivity contribution in [2.24, 2.45) is 0 Å². The molecule has 0 aliphatic carbocycles. The van der Waals surface area contributed by atoms with Crippen molar-refractivity contribution in [2.75, 3.05) is 6.54 Å². The molecule has 0 bridgehead atoms. The highest BCUT2D eigenvalue weighted by Crippen LogP contribution is 2.22. The van der Waals surface area contributed by atoms with Crippen molar-refractivity contribution in [2.45, 2.75) is 39.7 Å². The second-order valence-electron chi connectivity index (χ2n) is 6.17. The molecule has 3 rings (SSSR count). The van der Waals surface area contributed by atoms with E-state index >= 15 is 0 Å². The van der Waals surface area contributed by atoms with Crippen molar-refractivity contribution >= 4 is 22.5 Å². The first kappa shape index (κ1) is 16.4. The topological polar surface area (TPSA) is 79.5 Å². The van der Waals surface area contributed by atoms with E-state index in [0.29, 0.717) is 12.8 Å². The monoisotopic (exact) mass is 326 g/mol. The van der Waals surface area contributed by atoms with Crippen LogP contribution in [0.1, 0.15) is 30.3 Å². The van der Waals surface area contributed by atoms with Gasteiger partial charge in [-0.3, -0.25) is 4.79 Å². The number of aromatic nitrogens is 3.